The highest BCUT2D eigenvalue weighted by molar-refractivity contribution is 7.89. The third-order valence-corrected chi connectivity index (χ3v) is 7.36. The summed E-state index contributed by atoms with van der Waals surface area (Å²) in [5.41, 5.74) is 3.65. The number of carbonyl (C=O) groups excluding carboxylic acids is 1. The maximum absolute atomic E-state index is 14.3. The SMILES string of the molecule is NS(=O)(=O)c1cc2c(cc1F)C[C@H](C(F)F)N2C(=O)[C@@H]1Cc2ccc(-c3ccccn3)cc2C1. The van der Waals surface area contributed by atoms with Crippen molar-refractivity contribution in [1.29, 1.82) is 0 Å². The van der Waals surface area contributed by atoms with Crippen LogP contribution in [0.4, 0.5) is 18.9 Å². The number of halogens is 3. The van der Waals surface area contributed by atoms with Gasteiger partial charge in [0.2, 0.25) is 15.9 Å². The third kappa shape index (κ3) is 3.86. The van der Waals surface area contributed by atoms with E-state index in [-0.39, 0.29) is 17.7 Å². The minimum absolute atomic E-state index is 0.0362. The molecule has 2 N–H and O–H groups in total. The van der Waals surface area contributed by atoms with E-state index in [0.717, 1.165) is 39.4 Å². The Hall–Kier alpha value is -3.24. The van der Waals surface area contributed by atoms with Crippen LogP contribution in [0.3, 0.4) is 0 Å². The summed E-state index contributed by atoms with van der Waals surface area (Å²) in [5, 5.41) is 5.08. The van der Waals surface area contributed by atoms with Crippen LogP contribution in [0.2, 0.25) is 0 Å². The zero-order valence-electron chi connectivity index (χ0n) is 17.8. The second-order valence-corrected chi connectivity index (χ2v) is 10.1. The average molecular weight is 488 g/mol. The van der Waals surface area contributed by atoms with Crippen molar-refractivity contribution in [1.82, 2.24) is 4.98 Å². The number of carbonyl (C=O) groups is 1. The van der Waals surface area contributed by atoms with E-state index in [4.69, 9.17) is 5.14 Å². The van der Waals surface area contributed by atoms with E-state index < -0.39 is 45.0 Å². The van der Waals surface area contributed by atoms with Gasteiger partial charge in [-0.05, 0) is 59.9 Å². The molecule has 0 bridgehead atoms. The molecule has 2 heterocycles. The van der Waals surface area contributed by atoms with Crippen molar-refractivity contribution in [2.75, 3.05) is 4.90 Å². The van der Waals surface area contributed by atoms with Crippen LogP contribution in [-0.2, 0) is 34.1 Å². The number of anilines is 1. The van der Waals surface area contributed by atoms with Gasteiger partial charge in [-0.15, -0.1) is 0 Å². The Labute approximate surface area is 194 Å². The highest BCUT2D eigenvalue weighted by atomic mass is 32.2. The molecule has 0 radical (unpaired) electrons. The number of sulfonamides is 1. The van der Waals surface area contributed by atoms with Crippen LogP contribution in [-0.4, -0.2) is 31.8 Å². The Balaban J connectivity index is 1.48. The van der Waals surface area contributed by atoms with Crippen molar-refractivity contribution >= 4 is 21.6 Å². The average Bonchev–Trinajstić information content (AvgIpc) is 3.38. The molecule has 1 amide bonds. The summed E-state index contributed by atoms with van der Waals surface area (Å²) >= 11 is 0. The second kappa shape index (κ2) is 8.21. The van der Waals surface area contributed by atoms with E-state index in [1.807, 2.05) is 36.4 Å². The normalized spacial score (nSPS) is 19.4. The molecule has 0 fully saturated rings. The van der Waals surface area contributed by atoms with Crippen molar-refractivity contribution in [2.45, 2.75) is 36.6 Å². The van der Waals surface area contributed by atoms with Crippen LogP contribution in [0.5, 0.6) is 0 Å². The minimum atomic E-state index is -4.44. The molecular weight excluding hydrogens is 467 g/mol. The molecule has 2 aliphatic rings. The van der Waals surface area contributed by atoms with Gasteiger partial charge < -0.3 is 4.90 Å². The molecule has 2 atom stereocenters. The molecule has 3 aromatic rings. The molecule has 2 aromatic carbocycles. The summed E-state index contributed by atoms with van der Waals surface area (Å²) in [4.78, 5) is 17.9. The monoisotopic (exact) mass is 487 g/mol. The van der Waals surface area contributed by atoms with Crippen LogP contribution in [0.15, 0.2) is 59.6 Å². The molecule has 0 saturated carbocycles. The van der Waals surface area contributed by atoms with Gasteiger partial charge in [0.05, 0.1) is 5.69 Å². The lowest BCUT2D eigenvalue weighted by atomic mass is 10.0. The van der Waals surface area contributed by atoms with Gasteiger partial charge in [-0.3, -0.25) is 9.78 Å². The van der Waals surface area contributed by atoms with E-state index in [1.165, 1.54) is 0 Å². The van der Waals surface area contributed by atoms with Gasteiger partial charge in [0, 0.05) is 29.8 Å². The first-order chi connectivity index (χ1) is 16.1. The lowest BCUT2D eigenvalue weighted by Crippen LogP contribution is -2.45. The molecule has 1 aliphatic heterocycles. The number of aromatic nitrogens is 1. The third-order valence-electron chi connectivity index (χ3n) is 6.44. The summed E-state index contributed by atoms with van der Waals surface area (Å²) in [6.07, 6.45) is -0.772. The van der Waals surface area contributed by atoms with E-state index in [2.05, 4.69) is 4.98 Å². The largest absolute Gasteiger partial charge is 0.303 e. The fourth-order valence-corrected chi connectivity index (χ4v) is 5.46. The van der Waals surface area contributed by atoms with Gasteiger partial charge in [-0.1, -0.05) is 18.2 Å². The van der Waals surface area contributed by atoms with Gasteiger partial charge in [-0.2, -0.15) is 0 Å². The maximum Gasteiger partial charge on any atom is 0.259 e. The van der Waals surface area contributed by atoms with Crippen molar-refractivity contribution in [3.63, 3.8) is 0 Å². The maximum atomic E-state index is 14.3. The van der Waals surface area contributed by atoms with E-state index in [1.54, 1.807) is 6.20 Å². The Bertz CT molecular complexity index is 1400. The minimum Gasteiger partial charge on any atom is -0.303 e. The second-order valence-electron chi connectivity index (χ2n) is 8.57. The first-order valence-corrected chi connectivity index (χ1v) is 12.2. The number of amides is 1. The van der Waals surface area contributed by atoms with Crippen LogP contribution < -0.4 is 10.0 Å². The summed E-state index contributed by atoms with van der Waals surface area (Å²) in [6.45, 7) is 0. The molecule has 1 aliphatic carbocycles. The van der Waals surface area contributed by atoms with Crippen molar-refractivity contribution < 1.29 is 26.4 Å². The highest BCUT2D eigenvalue weighted by Gasteiger charge is 2.43. The molecule has 1 aromatic heterocycles. The quantitative estimate of drug-likeness (QED) is 0.610. The zero-order valence-corrected chi connectivity index (χ0v) is 18.6. The highest BCUT2D eigenvalue weighted by Crippen LogP contribution is 2.40. The fourth-order valence-electron chi connectivity index (χ4n) is 4.85. The molecular formula is C24H20F3N3O3S. The predicted octanol–water partition coefficient (Wildman–Crippen LogP) is 3.47. The molecule has 6 nitrogen and oxygen atoms in total. The van der Waals surface area contributed by atoms with Gasteiger partial charge in [-0.25, -0.2) is 26.7 Å². The lowest BCUT2D eigenvalue weighted by molar-refractivity contribution is -0.123. The predicted molar refractivity (Wildman–Crippen MR) is 119 cm³/mol. The van der Waals surface area contributed by atoms with Gasteiger partial charge in [0.1, 0.15) is 16.8 Å². The molecule has 5 rings (SSSR count). The van der Waals surface area contributed by atoms with E-state index in [9.17, 15) is 26.4 Å². The number of primary sulfonamides is 1. The summed E-state index contributed by atoms with van der Waals surface area (Å²) in [6, 6.07) is 11.6. The van der Waals surface area contributed by atoms with Crippen LogP contribution in [0.25, 0.3) is 11.3 Å². The summed E-state index contributed by atoms with van der Waals surface area (Å²) in [7, 11) is -4.44. The van der Waals surface area contributed by atoms with Crippen LogP contribution in [0.1, 0.15) is 16.7 Å². The molecule has 0 unspecified atom stereocenters. The number of hydrogen-bond donors (Lipinski definition) is 1. The number of hydrogen-bond acceptors (Lipinski definition) is 4. The number of fused-ring (bicyclic) bond motifs is 2. The summed E-state index contributed by atoms with van der Waals surface area (Å²) < 4.78 is 65.7. The Morgan fingerprint density at radius 2 is 1.79 bits per heavy atom. The molecule has 0 spiro atoms. The molecule has 0 saturated heterocycles. The van der Waals surface area contributed by atoms with Crippen molar-refractivity contribution in [2.24, 2.45) is 11.1 Å². The number of benzene rings is 2. The molecule has 34 heavy (non-hydrogen) atoms. The van der Waals surface area contributed by atoms with Gasteiger partial charge in [0.25, 0.3) is 6.43 Å². The topological polar surface area (TPSA) is 93.4 Å². The number of pyridine rings is 1. The van der Waals surface area contributed by atoms with Gasteiger partial charge >= 0.3 is 0 Å². The number of alkyl halides is 2. The van der Waals surface area contributed by atoms with Crippen LogP contribution in [0, 0.1) is 11.7 Å². The smallest absolute Gasteiger partial charge is 0.259 e. The standard InChI is InChI=1S/C24H20F3N3O3S/c25-18-10-16-11-21(23(26)27)30(20(16)12-22(18)34(28,32)33)24(31)17-7-13-4-5-14(8-15(13)9-17)19-3-1-2-6-29-19/h1-6,8,10,12,17,21,23H,7,9,11H2,(H2,28,32,33)/t17-,21-/m1/s1. The van der Waals surface area contributed by atoms with E-state index in [0.29, 0.717) is 12.8 Å². The lowest BCUT2D eigenvalue weighted by Gasteiger charge is -2.28. The Morgan fingerprint density at radius 1 is 1.03 bits per heavy atom. The fraction of sp³-hybridized carbons (Fsp3) is 0.250. The first-order valence-electron chi connectivity index (χ1n) is 10.6. The number of nitrogens with zero attached hydrogens (tertiary/aromatic N) is 2. The first kappa shape index (κ1) is 22.5. The molecule has 176 valence electrons. The zero-order chi connectivity index (χ0) is 24.2. The Morgan fingerprint density at radius 3 is 2.47 bits per heavy atom. The number of rotatable bonds is 4. The van der Waals surface area contributed by atoms with Crippen LogP contribution >= 0.6 is 0 Å². The van der Waals surface area contributed by atoms with Gasteiger partial charge in [0.15, 0.2) is 0 Å². The van der Waals surface area contributed by atoms with Crippen molar-refractivity contribution in [3.8, 4) is 11.3 Å². The summed E-state index contributed by atoms with van der Waals surface area (Å²) in [5.74, 6) is -2.28. The molecule has 10 heteroatoms. The van der Waals surface area contributed by atoms with E-state index >= 15 is 0 Å². The number of nitrogens with two attached hydrogens (primary N) is 1. The Kier molecular flexibility index (Phi) is 5.44. The van der Waals surface area contributed by atoms with Crippen molar-refractivity contribution in [3.05, 3.63) is 77.2 Å².